The minimum atomic E-state index is -0.488. The van der Waals surface area contributed by atoms with Gasteiger partial charge in [0.25, 0.3) is 0 Å². The van der Waals surface area contributed by atoms with Gasteiger partial charge >= 0.3 is 0 Å². The molecule has 1 N–H and O–H groups in total. The van der Waals surface area contributed by atoms with E-state index in [0.29, 0.717) is 30.5 Å². The van der Waals surface area contributed by atoms with Crippen LogP contribution < -0.4 is 0 Å². The van der Waals surface area contributed by atoms with Gasteiger partial charge in [0, 0.05) is 7.11 Å². The molecule has 4 aliphatic rings. The van der Waals surface area contributed by atoms with E-state index in [1.54, 1.807) is 7.11 Å². The molecule has 3 heteroatoms. The topological polar surface area (TPSA) is 38.7 Å². The Labute approximate surface area is 172 Å². The lowest BCUT2D eigenvalue weighted by Crippen LogP contribution is -2.58. The number of rotatable bonds is 6. The van der Waals surface area contributed by atoms with Crippen molar-refractivity contribution in [3.05, 3.63) is 12.7 Å². The second kappa shape index (κ2) is 7.71. The minimum absolute atomic E-state index is 0.270. The molecule has 0 spiro atoms. The summed E-state index contributed by atoms with van der Waals surface area (Å²) in [5.41, 5.74) is 0.249. The molecule has 4 aliphatic carbocycles. The second-order valence-electron chi connectivity index (χ2n) is 11.1. The molecule has 0 heterocycles. The Hall–Kier alpha value is -0.380. The predicted molar refractivity (Wildman–Crippen MR) is 113 cm³/mol. The first-order chi connectivity index (χ1) is 13.4. The summed E-state index contributed by atoms with van der Waals surface area (Å²) in [7, 11) is 1.75. The summed E-state index contributed by atoms with van der Waals surface area (Å²) in [4.78, 5) is 0. The Kier molecular flexibility index (Phi) is 5.74. The molecule has 0 aromatic heterocycles. The van der Waals surface area contributed by atoms with Gasteiger partial charge in [-0.25, -0.2) is 0 Å². The molecule has 0 bridgehead atoms. The molecule has 1 unspecified atom stereocenters. The molecule has 160 valence electrons. The van der Waals surface area contributed by atoms with Gasteiger partial charge in [0.05, 0.1) is 25.4 Å². The number of ether oxygens (including phenoxy) is 2. The van der Waals surface area contributed by atoms with E-state index in [1.807, 2.05) is 0 Å². The summed E-state index contributed by atoms with van der Waals surface area (Å²) in [5, 5.41) is 10.8. The van der Waals surface area contributed by atoms with Crippen LogP contribution in [0.4, 0.5) is 0 Å². The molecule has 4 saturated carbocycles. The monoisotopic (exact) mass is 390 g/mol. The molecule has 4 fully saturated rings. The predicted octanol–water partition coefficient (Wildman–Crippen LogP) is 5.23. The Bertz CT molecular complexity index is 572. The van der Waals surface area contributed by atoms with E-state index in [0.717, 1.165) is 43.6 Å². The van der Waals surface area contributed by atoms with E-state index in [4.69, 9.17) is 9.47 Å². The first kappa shape index (κ1) is 20.9. The van der Waals surface area contributed by atoms with Crippen molar-refractivity contribution in [3.8, 4) is 0 Å². The number of fused-ring (bicyclic) bond motifs is 5. The molecular weight excluding hydrogens is 348 g/mol. The zero-order valence-electron chi connectivity index (χ0n) is 18.4. The van der Waals surface area contributed by atoms with Gasteiger partial charge in [-0.3, -0.25) is 0 Å². The zero-order chi connectivity index (χ0) is 20.0. The standard InChI is InChI=1S/C25H42O3/c1-5-18-7-9-21-20-8-6-19-16-23(2,26)12-13-25(19,17-28-15-14-27-4)22(20)10-11-24(18,21)3/h5,18-22,26H,1,6-17H2,2-4H3/t18?,19-,20-,21-,22-,23+,24+,25+/m0/s1. The summed E-state index contributed by atoms with van der Waals surface area (Å²) < 4.78 is 11.5. The van der Waals surface area contributed by atoms with Crippen molar-refractivity contribution < 1.29 is 14.6 Å². The first-order valence-corrected chi connectivity index (χ1v) is 11.8. The molecular formula is C25H42O3. The molecule has 3 nitrogen and oxygen atoms in total. The van der Waals surface area contributed by atoms with E-state index in [9.17, 15) is 5.11 Å². The maximum absolute atomic E-state index is 10.8. The fourth-order valence-electron chi connectivity index (χ4n) is 8.35. The van der Waals surface area contributed by atoms with Crippen LogP contribution in [0, 0.1) is 40.4 Å². The summed E-state index contributed by atoms with van der Waals surface area (Å²) in [6, 6.07) is 0. The summed E-state index contributed by atoms with van der Waals surface area (Å²) >= 11 is 0. The second-order valence-corrected chi connectivity index (χ2v) is 11.1. The van der Waals surface area contributed by atoms with E-state index >= 15 is 0 Å². The summed E-state index contributed by atoms with van der Waals surface area (Å²) in [6.07, 6.45) is 13.3. The van der Waals surface area contributed by atoms with Crippen LogP contribution in [0.25, 0.3) is 0 Å². The van der Waals surface area contributed by atoms with Gasteiger partial charge in [0.1, 0.15) is 0 Å². The Morgan fingerprint density at radius 1 is 1.00 bits per heavy atom. The Balaban J connectivity index is 1.59. The van der Waals surface area contributed by atoms with Crippen molar-refractivity contribution in [2.24, 2.45) is 40.4 Å². The molecule has 0 saturated heterocycles. The van der Waals surface area contributed by atoms with Crippen molar-refractivity contribution >= 4 is 0 Å². The summed E-state index contributed by atoms with van der Waals surface area (Å²) in [5.74, 6) is 3.78. The van der Waals surface area contributed by atoms with E-state index in [2.05, 4.69) is 26.5 Å². The third kappa shape index (κ3) is 3.30. The molecule has 0 aromatic carbocycles. The van der Waals surface area contributed by atoms with Crippen LogP contribution in [0.1, 0.15) is 71.6 Å². The first-order valence-electron chi connectivity index (χ1n) is 11.8. The van der Waals surface area contributed by atoms with Crippen LogP contribution in [-0.2, 0) is 9.47 Å². The zero-order valence-corrected chi connectivity index (χ0v) is 18.4. The van der Waals surface area contributed by atoms with E-state index in [-0.39, 0.29) is 5.41 Å². The molecule has 0 aliphatic heterocycles. The number of allylic oxidation sites excluding steroid dienone is 1. The fraction of sp³-hybridized carbons (Fsp3) is 0.920. The maximum atomic E-state index is 10.8. The lowest BCUT2D eigenvalue weighted by atomic mass is 9.43. The molecule has 0 aromatic rings. The van der Waals surface area contributed by atoms with Gasteiger partial charge in [-0.05, 0) is 105 Å². The molecule has 0 amide bonds. The Morgan fingerprint density at radius 3 is 2.57 bits per heavy atom. The third-order valence-electron chi connectivity index (χ3n) is 9.81. The normalized spacial score (nSPS) is 50.5. The maximum Gasteiger partial charge on any atom is 0.0700 e. The highest BCUT2D eigenvalue weighted by atomic mass is 16.5. The SMILES string of the molecule is C=CC1CC[C@H]2[C@@H]3CC[C@H]4C[C@](C)(O)CC[C@]4(COCCOC)[C@H]3CC[C@]12C. The van der Waals surface area contributed by atoms with Crippen molar-refractivity contribution in [2.45, 2.75) is 77.2 Å². The van der Waals surface area contributed by atoms with Gasteiger partial charge in [-0.2, -0.15) is 0 Å². The minimum Gasteiger partial charge on any atom is -0.390 e. The van der Waals surface area contributed by atoms with Crippen LogP contribution in [0.3, 0.4) is 0 Å². The van der Waals surface area contributed by atoms with Gasteiger partial charge in [-0.1, -0.05) is 13.0 Å². The van der Waals surface area contributed by atoms with Gasteiger partial charge in [0.2, 0.25) is 0 Å². The smallest absolute Gasteiger partial charge is 0.0700 e. The number of hydrogen-bond donors (Lipinski definition) is 1. The highest BCUT2D eigenvalue weighted by Crippen LogP contribution is 2.68. The highest BCUT2D eigenvalue weighted by molar-refractivity contribution is 5.13. The fourth-order valence-corrected chi connectivity index (χ4v) is 8.35. The van der Waals surface area contributed by atoms with E-state index < -0.39 is 5.60 Å². The highest BCUT2D eigenvalue weighted by Gasteiger charge is 2.62. The number of aliphatic hydroxyl groups is 1. The quantitative estimate of drug-likeness (QED) is 0.499. The largest absolute Gasteiger partial charge is 0.390 e. The van der Waals surface area contributed by atoms with Crippen LogP contribution >= 0.6 is 0 Å². The molecule has 4 rings (SSSR count). The van der Waals surface area contributed by atoms with E-state index in [1.165, 1.54) is 38.5 Å². The average Bonchev–Trinajstić information content (AvgIpc) is 3.01. The summed E-state index contributed by atoms with van der Waals surface area (Å²) in [6.45, 7) is 11.0. The van der Waals surface area contributed by atoms with Crippen molar-refractivity contribution in [1.82, 2.24) is 0 Å². The average molecular weight is 391 g/mol. The van der Waals surface area contributed by atoms with Crippen LogP contribution in [0.15, 0.2) is 12.7 Å². The lowest BCUT2D eigenvalue weighted by Gasteiger charge is -2.62. The number of methoxy groups -OCH3 is 1. The van der Waals surface area contributed by atoms with Crippen molar-refractivity contribution in [3.63, 3.8) is 0 Å². The van der Waals surface area contributed by atoms with Crippen LogP contribution in [-0.4, -0.2) is 37.6 Å². The molecule has 28 heavy (non-hydrogen) atoms. The lowest BCUT2D eigenvalue weighted by molar-refractivity contribution is -0.178. The van der Waals surface area contributed by atoms with Crippen molar-refractivity contribution in [2.75, 3.05) is 26.9 Å². The molecule has 8 atom stereocenters. The number of hydrogen-bond acceptors (Lipinski definition) is 3. The third-order valence-corrected chi connectivity index (χ3v) is 9.81. The van der Waals surface area contributed by atoms with Crippen LogP contribution in [0.5, 0.6) is 0 Å². The van der Waals surface area contributed by atoms with Crippen LogP contribution in [0.2, 0.25) is 0 Å². The Morgan fingerprint density at radius 2 is 1.82 bits per heavy atom. The van der Waals surface area contributed by atoms with Gasteiger partial charge < -0.3 is 14.6 Å². The van der Waals surface area contributed by atoms with Gasteiger partial charge in [-0.15, -0.1) is 6.58 Å². The molecule has 0 radical (unpaired) electrons. The van der Waals surface area contributed by atoms with Crippen molar-refractivity contribution in [1.29, 1.82) is 0 Å². The van der Waals surface area contributed by atoms with Gasteiger partial charge in [0.15, 0.2) is 0 Å².